The summed E-state index contributed by atoms with van der Waals surface area (Å²) in [7, 11) is 0. The van der Waals surface area contributed by atoms with Crippen LogP contribution in [0, 0.1) is 0 Å². The zero-order valence-corrected chi connectivity index (χ0v) is 14.9. The summed E-state index contributed by atoms with van der Waals surface area (Å²) in [5, 5.41) is 6.44. The zero-order valence-electron chi connectivity index (χ0n) is 13.4. The van der Waals surface area contributed by atoms with Gasteiger partial charge in [-0.3, -0.25) is 9.59 Å². The van der Waals surface area contributed by atoms with Gasteiger partial charge in [-0.1, -0.05) is 42.1 Å². The second-order valence-corrected chi connectivity index (χ2v) is 6.78. The standard InChI is InChI=1S/C18H17Cl2N3O2/c19-11-8-9-13(20)16(10-11)23-18(25)15-7-3-6-14(22-15)17(24)21-12-4-1-2-5-12/h3,6-10,12H,1-2,4-5H2,(H,21,24)(H,23,25). The summed E-state index contributed by atoms with van der Waals surface area (Å²) in [5.74, 6) is -0.720. The number of halogens is 2. The molecule has 1 heterocycles. The Labute approximate surface area is 155 Å². The van der Waals surface area contributed by atoms with Crippen molar-refractivity contribution in [2.24, 2.45) is 0 Å². The molecule has 0 bridgehead atoms. The number of anilines is 1. The fourth-order valence-corrected chi connectivity index (χ4v) is 3.13. The molecule has 0 spiro atoms. The first-order valence-electron chi connectivity index (χ1n) is 8.07. The van der Waals surface area contributed by atoms with Crippen molar-refractivity contribution < 1.29 is 9.59 Å². The molecule has 0 unspecified atom stereocenters. The van der Waals surface area contributed by atoms with Crippen LogP contribution >= 0.6 is 23.2 Å². The second kappa shape index (κ2) is 7.85. The highest BCUT2D eigenvalue weighted by Crippen LogP contribution is 2.25. The van der Waals surface area contributed by atoms with Crippen molar-refractivity contribution in [2.45, 2.75) is 31.7 Å². The van der Waals surface area contributed by atoms with Crippen LogP contribution in [0.25, 0.3) is 0 Å². The predicted octanol–water partition coefficient (Wildman–Crippen LogP) is 4.31. The summed E-state index contributed by atoms with van der Waals surface area (Å²) >= 11 is 12.0. The predicted molar refractivity (Wildman–Crippen MR) is 98.4 cm³/mol. The third-order valence-electron chi connectivity index (χ3n) is 4.08. The lowest BCUT2D eigenvalue weighted by atomic mass is 10.2. The first-order valence-corrected chi connectivity index (χ1v) is 8.83. The third kappa shape index (κ3) is 4.50. The van der Waals surface area contributed by atoms with Crippen molar-refractivity contribution in [3.8, 4) is 0 Å². The Hall–Kier alpha value is -2.11. The summed E-state index contributed by atoms with van der Waals surface area (Å²) in [6, 6.07) is 9.73. The molecule has 7 heteroatoms. The van der Waals surface area contributed by atoms with Crippen molar-refractivity contribution in [3.05, 3.63) is 57.8 Å². The number of benzene rings is 1. The van der Waals surface area contributed by atoms with Crippen LogP contribution in [0.15, 0.2) is 36.4 Å². The van der Waals surface area contributed by atoms with Gasteiger partial charge in [-0.15, -0.1) is 0 Å². The second-order valence-electron chi connectivity index (χ2n) is 5.94. The minimum Gasteiger partial charge on any atom is -0.348 e. The SMILES string of the molecule is O=C(Nc1cc(Cl)ccc1Cl)c1cccc(C(=O)NC2CCCC2)n1. The number of nitrogens with one attached hydrogen (secondary N) is 2. The molecule has 1 saturated carbocycles. The van der Waals surface area contributed by atoms with E-state index in [1.54, 1.807) is 36.4 Å². The number of hydrogen-bond donors (Lipinski definition) is 2. The highest BCUT2D eigenvalue weighted by molar-refractivity contribution is 6.35. The van der Waals surface area contributed by atoms with Crippen LogP contribution < -0.4 is 10.6 Å². The number of pyridine rings is 1. The van der Waals surface area contributed by atoms with E-state index >= 15 is 0 Å². The average Bonchev–Trinajstić information content (AvgIpc) is 3.11. The van der Waals surface area contributed by atoms with Crippen LogP contribution in [0.1, 0.15) is 46.7 Å². The van der Waals surface area contributed by atoms with Crippen LogP contribution in [0.3, 0.4) is 0 Å². The molecule has 1 aromatic heterocycles. The maximum Gasteiger partial charge on any atom is 0.274 e. The van der Waals surface area contributed by atoms with Gasteiger partial charge in [0.25, 0.3) is 11.8 Å². The van der Waals surface area contributed by atoms with Gasteiger partial charge in [0.15, 0.2) is 0 Å². The van der Waals surface area contributed by atoms with Crippen LogP contribution in [-0.4, -0.2) is 22.8 Å². The van der Waals surface area contributed by atoms with Gasteiger partial charge in [-0.05, 0) is 43.2 Å². The molecule has 1 aromatic carbocycles. The number of carbonyl (C=O) groups is 2. The number of aromatic nitrogens is 1. The molecule has 0 aliphatic heterocycles. The van der Waals surface area contributed by atoms with Crippen molar-refractivity contribution in [1.29, 1.82) is 0 Å². The molecule has 1 aliphatic carbocycles. The average molecular weight is 378 g/mol. The molecule has 25 heavy (non-hydrogen) atoms. The molecule has 0 radical (unpaired) electrons. The molecule has 0 saturated heterocycles. The Balaban J connectivity index is 1.72. The lowest BCUT2D eigenvalue weighted by Crippen LogP contribution is -2.33. The van der Waals surface area contributed by atoms with Gasteiger partial charge in [0.05, 0.1) is 10.7 Å². The fourth-order valence-electron chi connectivity index (χ4n) is 2.80. The Morgan fingerprint density at radius 2 is 1.68 bits per heavy atom. The molecule has 130 valence electrons. The maximum absolute atomic E-state index is 12.4. The molecule has 0 atom stereocenters. The normalized spacial score (nSPS) is 14.3. The summed E-state index contributed by atoms with van der Waals surface area (Å²) in [6.07, 6.45) is 4.22. The van der Waals surface area contributed by atoms with Crippen LogP contribution in [0.2, 0.25) is 10.0 Å². The fraction of sp³-hybridized carbons (Fsp3) is 0.278. The van der Waals surface area contributed by atoms with Crippen LogP contribution in [-0.2, 0) is 0 Å². The highest BCUT2D eigenvalue weighted by atomic mass is 35.5. The Bertz CT molecular complexity index is 805. The molecular formula is C18H17Cl2N3O2. The zero-order chi connectivity index (χ0) is 17.8. The van der Waals surface area contributed by atoms with Gasteiger partial charge in [-0.25, -0.2) is 4.98 Å². The van der Waals surface area contributed by atoms with Gasteiger partial charge in [-0.2, -0.15) is 0 Å². The first-order chi connectivity index (χ1) is 12.0. The summed E-state index contributed by atoms with van der Waals surface area (Å²) in [4.78, 5) is 28.8. The minimum absolute atomic E-state index is 0.134. The Morgan fingerprint density at radius 1 is 1.00 bits per heavy atom. The van der Waals surface area contributed by atoms with E-state index in [0.717, 1.165) is 25.7 Å². The van der Waals surface area contributed by atoms with Gasteiger partial charge < -0.3 is 10.6 Å². The minimum atomic E-state index is -0.459. The van der Waals surface area contributed by atoms with E-state index < -0.39 is 5.91 Å². The molecular weight excluding hydrogens is 361 g/mol. The van der Waals surface area contributed by atoms with Crippen molar-refractivity contribution in [1.82, 2.24) is 10.3 Å². The smallest absolute Gasteiger partial charge is 0.274 e. The quantitative estimate of drug-likeness (QED) is 0.833. The molecule has 2 amide bonds. The van der Waals surface area contributed by atoms with Crippen LogP contribution in [0.4, 0.5) is 5.69 Å². The summed E-state index contributed by atoms with van der Waals surface area (Å²) < 4.78 is 0. The number of nitrogens with zero attached hydrogens (tertiary/aromatic N) is 1. The van der Waals surface area contributed by atoms with Crippen LogP contribution in [0.5, 0.6) is 0 Å². The number of amides is 2. The number of carbonyl (C=O) groups excluding carboxylic acids is 2. The lowest BCUT2D eigenvalue weighted by molar-refractivity contribution is 0.0932. The van der Waals surface area contributed by atoms with Gasteiger partial charge in [0, 0.05) is 11.1 Å². The van der Waals surface area contributed by atoms with Crippen molar-refractivity contribution in [3.63, 3.8) is 0 Å². The molecule has 5 nitrogen and oxygen atoms in total. The van der Waals surface area contributed by atoms with E-state index in [9.17, 15) is 9.59 Å². The van der Waals surface area contributed by atoms with E-state index in [1.807, 2.05) is 0 Å². The van der Waals surface area contributed by atoms with Gasteiger partial charge in [0.2, 0.25) is 0 Å². The van der Waals surface area contributed by atoms with E-state index in [2.05, 4.69) is 15.6 Å². The third-order valence-corrected chi connectivity index (χ3v) is 4.65. The van der Waals surface area contributed by atoms with Crippen molar-refractivity contribution >= 4 is 40.7 Å². The topological polar surface area (TPSA) is 71.1 Å². The molecule has 3 rings (SSSR count). The van der Waals surface area contributed by atoms with E-state index in [1.165, 1.54) is 0 Å². The first kappa shape index (κ1) is 17.7. The molecule has 2 aromatic rings. The maximum atomic E-state index is 12.4. The van der Waals surface area contributed by atoms with E-state index in [4.69, 9.17) is 23.2 Å². The molecule has 1 aliphatic rings. The Morgan fingerprint density at radius 3 is 2.40 bits per heavy atom. The monoisotopic (exact) mass is 377 g/mol. The summed E-state index contributed by atoms with van der Waals surface area (Å²) in [6.45, 7) is 0. The van der Waals surface area contributed by atoms with Gasteiger partial charge >= 0.3 is 0 Å². The van der Waals surface area contributed by atoms with E-state index in [0.29, 0.717) is 15.7 Å². The number of hydrogen-bond acceptors (Lipinski definition) is 3. The number of rotatable bonds is 4. The highest BCUT2D eigenvalue weighted by Gasteiger charge is 2.19. The van der Waals surface area contributed by atoms with E-state index in [-0.39, 0.29) is 23.3 Å². The van der Waals surface area contributed by atoms with Crippen molar-refractivity contribution in [2.75, 3.05) is 5.32 Å². The molecule has 1 fully saturated rings. The molecule has 2 N–H and O–H groups in total. The lowest BCUT2D eigenvalue weighted by Gasteiger charge is -2.12. The Kier molecular flexibility index (Phi) is 5.56. The summed E-state index contributed by atoms with van der Waals surface area (Å²) in [5.41, 5.74) is 0.744. The largest absolute Gasteiger partial charge is 0.348 e. The van der Waals surface area contributed by atoms with Gasteiger partial charge in [0.1, 0.15) is 11.4 Å².